The number of rotatable bonds is 8. The van der Waals surface area contributed by atoms with Crippen molar-refractivity contribution in [1.29, 1.82) is 0 Å². The molecule has 8 nitrogen and oxygen atoms in total. The van der Waals surface area contributed by atoms with E-state index in [1.54, 1.807) is 18.2 Å². The molecule has 2 aromatic rings. The normalized spacial score (nSPS) is 10.2. The van der Waals surface area contributed by atoms with Crippen LogP contribution in [0.2, 0.25) is 0 Å². The summed E-state index contributed by atoms with van der Waals surface area (Å²) in [5, 5.41) is 16.5. The number of nitro benzene ring substituents is 1. The van der Waals surface area contributed by atoms with Gasteiger partial charge in [-0.25, -0.2) is 4.79 Å². The number of nitrogens with one attached hydrogen (secondary N) is 2. The molecule has 0 bridgehead atoms. The lowest BCUT2D eigenvalue weighted by Gasteiger charge is -2.12. The Labute approximate surface area is 163 Å². The van der Waals surface area contributed by atoms with Crippen molar-refractivity contribution < 1.29 is 19.2 Å². The van der Waals surface area contributed by atoms with Crippen molar-refractivity contribution in [3.63, 3.8) is 0 Å². The van der Waals surface area contributed by atoms with Gasteiger partial charge in [-0.15, -0.1) is 0 Å². The number of ether oxygens (including phenoxy) is 1. The zero-order valence-electron chi connectivity index (χ0n) is 16.1. The van der Waals surface area contributed by atoms with E-state index in [2.05, 4.69) is 10.6 Å². The van der Waals surface area contributed by atoms with E-state index in [1.165, 1.54) is 19.2 Å². The number of methoxy groups -OCH3 is 1. The van der Waals surface area contributed by atoms with Gasteiger partial charge >= 0.3 is 5.97 Å². The Bertz CT molecular complexity index is 878. The first-order valence-corrected chi connectivity index (χ1v) is 8.79. The Hall–Kier alpha value is -3.42. The minimum atomic E-state index is -0.452. The van der Waals surface area contributed by atoms with Crippen LogP contribution in [0, 0.1) is 24.0 Å². The topological polar surface area (TPSA) is 111 Å². The predicted octanol–water partition coefficient (Wildman–Crippen LogP) is 3.83. The molecule has 0 aliphatic carbocycles. The number of anilines is 2. The van der Waals surface area contributed by atoms with Gasteiger partial charge in [0.15, 0.2) is 0 Å². The largest absolute Gasteiger partial charge is 0.465 e. The van der Waals surface area contributed by atoms with E-state index < -0.39 is 10.9 Å². The van der Waals surface area contributed by atoms with E-state index in [9.17, 15) is 19.7 Å². The number of nitro groups is 1. The highest BCUT2D eigenvalue weighted by atomic mass is 16.6. The van der Waals surface area contributed by atoms with Crippen molar-refractivity contribution >= 4 is 28.9 Å². The summed E-state index contributed by atoms with van der Waals surface area (Å²) >= 11 is 0. The van der Waals surface area contributed by atoms with Gasteiger partial charge in [0.05, 0.1) is 17.6 Å². The molecule has 0 aromatic heterocycles. The molecule has 0 saturated carbocycles. The Morgan fingerprint density at radius 2 is 1.79 bits per heavy atom. The molecule has 0 aliphatic rings. The highest BCUT2D eigenvalue weighted by molar-refractivity contribution is 5.96. The lowest BCUT2D eigenvalue weighted by atomic mass is 10.0. The van der Waals surface area contributed by atoms with Crippen molar-refractivity contribution in [2.24, 2.45) is 0 Å². The molecule has 0 aliphatic heterocycles. The van der Waals surface area contributed by atoms with E-state index in [0.717, 1.165) is 16.8 Å². The number of hydrogen-bond acceptors (Lipinski definition) is 6. The summed E-state index contributed by atoms with van der Waals surface area (Å²) < 4.78 is 4.78. The van der Waals surface area contributed by atoms with Gasteiger partial charge in [-0.1, -0.05) is 0 Å². The number of hydrogen-bond donors (Lipinski definition) is 2. The first-order valence-electron chi connectivity index (χ1n) is 8.79. The van der Waals surface area contributed by atoms with E-state index in [1.807, 2.05) is 19.9 Å². The fraction of sp³-hybridized carbons (Fsp3) is 0.300. The van der Waals surface area contributed by atoms with Crippen LogP contribution in [0.15, 0.2) is 36.4 Å². The molecule has 0 heterocycles. The van der Waals surface area contributed by atoms with Gasteiger partial charge in [0, 0.05) is 36.5 Å². The second-order valence-corrected chi connectivity index (χ2v) is 6.34. The first-order chi connectivity index (χ1) is 13.3. The second-order valence-electron chi connectivity index (χ2n) is 6.34. The molecule has 1 amide bonds. The monoisotopic (exact) mass is 385 g/mol. The van der Waals surface area contributed by atoms with Crippen LogP contribution in [-0.4, -0.2) is 30.5 Å². The molecule has 0 unspecified atom stereocenters. The van der Waals surface area contributed by atoms with E-state index in [0.29, 0.717) is 30.6 Å². The van der Waals surface area contributed by atoms with Crippen LogP contribution in [0.3, 0.4) is 0 Å². The first kappa shape index (κ1) is 20.9. The minimum absolute atomic E-state index is 0.0321. The van der Waals surface area contributed by atoms with Crippen molar-refractivity contribution in [2.75, 3.05) is 24.3 Å². The number of carbonyl (C=O) groups is 2. The third-order valence-electron chi connectivity index (χ3n) is 4.34. The summed E-state index contributed by atoms with van der Waals surface area (Å²) in [5.74, 6) is -0.603. The standard InChI is InChI=1S/C20H23N3O5/c1-13-11-16(12-18(14(13)2)20(25)28-3)22-19(24)5-4-10-21-15-6-8-17(9-7-15)23(26)27/h6-9,11-12,21H,4-5,10H2,1-3H3,(H,22,24). The number of aryl methyl sites for hydroxylation is 1. The Morgan fingerprint density at radius 3 is 2.39 bits per heavy atom. The average molecular weight is 385 g/mol. The Balaban J connectivity index is 1.85. The highest BCUT2D eigenvalue weighted by Crippen LogP contribution is 2.21. The van der Waals surface area contributed by atoms with E-state index >= 15 is 0 Å². The average Bonchev–Trinajstić information content (AvgIpc) is 2.67. The van der Waals surface area contributed by atoms with Crippen LogP contribution in [0.5, 0.6) is 0 Å². The van der Waals surface area contributed by atoms with E-state index in [4.69, 9.17) is 4.74 Å². The molecule has 28 heavy (non-hydrogen) atoms. The van der Waals surface area contributed by atoms with Crippen molar-refractivity contribution in [3.05, 3.63) is 63.2 Å². The molecule has 2 rings (SSSR count). The summed E-state index contributed by atoms with van der Waals surface area (Å²) in [6, 6.07) is 9.53. The Kier molecular flexibility index (Phi) is 7.08. The quantitative estimate of drug-likeness (QED) is 0.309. The predicted molar refractivity (Wildman–Crippen MR) is 107 cm³/mol. The molecule has 0 atom stereocenters. The summed E-state index contributed by atoms with van der Waals surface area (Å²) in [4.78, 5) is 34.2. The zero-order chi connectivity index (χ0) is 20.7. The molecule has 8 heteroatoms. The smallest absolute Gasteiger partial charge is 0.338 e. The number of amides is 1. The number of non-ortho nitro benzene ring substituents is 1. The molecule has 2 N–H and O–H groups in total. The molecular formula is C20H23N3O5. The summed E-state index contributed by atoms with van der Waals surface area (Å²) in [7, 11) is 1.32. The SMILES string of the molecule is COC(=O)c1cc(NC(=O)CCCNc2ccc([N+](=O)[O-])cc2)cc(C)c1C. The molecular weight excluding hydrogens is 362 g/mol. The van der Waals surface area contributed by atoms with Gasteiger partial charge < -0.3 is 15.4 Å². The third-order valence-corrected chi connectivity index (χ3v) is 4.34. The van der Waals surface area contributed by atoms with Gasteiger partial charge in [0.1, 0.15) is 0 Å². The lowest BCUT2D eigenvalue weighted by molar-refractivity contribution is -0.384. The maximum absolute atomic E-state index is 12.2. The second kappa shape index (κ2) is 9.50. The fourth-order valence-corrected chi connectivity index (χ4v) is 2.66. The molecule has 2 aromatic carbocycles. The van der Waals surface area contributed by atoms with Gasteiger partial charge in [-0.05, 0) is 55.7 Å². The minimum Gasteiger partial charge on any atom is -0.465 e. The molecule has 0 saturated heterocycles. The molecule has 0 fully saturated rings. The van der Waals surface area contributed by atoms with Gasteiger partial charge in [0.25, 0.3) is 5.69 Å². The van der Waals surface area contributed by atoms with E-state index in [-0.39, 0.29) is 11.6 Å². The Morgan fingerprint density at radius 1 is 1.11 bits per heavy atom. The van der Waals surface area contributed by atoms with Gasteiger partial charge in [0.2, 0.25) is 5.91 Å². The third kappa shape index (κ3) is 5.54. The van der Waals surface area contributed by atoms with Crippen molar-refractivity contribution in [1.82, 2.24) is 0 Å². The highest BCUT2D eigenvalue weighted by Gasteiger charge is 2.13. The maximum Gasteiger partial charge on any atom is 0.338 e. The summed E-state index contributed by atoms with van der Waals surface area (Å²) in [6.07, 6.45) is 0.873. The van der Waals surface area contributed by atoms with Crippen molar-refractivity contribution in [3.8, 4) is 0 Å². The summed E-state index contributed by atoms with van der Waals surface area (Å²) in [6.45, 7) is 4.24. The van der Waals surface area contributed by atoms with Gasteiger partial charge in [-0.3, -0.25) is 14.9 Å². The fourth-order valence-electron chi connectivity index (χ4n) is 2.66. The zero-order valence-corrected chi connectivity index (χ0v) is 16.1. The van der Waals surface area contributed by atoms with Crippen molar-refractivity contribution in [2.45, 2.75) is 26.7 Å². The number of nitrogens with zero attached hydrogens (tertiary/aromatic N) is 1. The molecule has 148 valence electrons. The van der Waals surface area contributed by atoms with Crippen LogP contribution in [0.4, 0.5) is 17.1 Å². The van der Waals surface area contributed by atoms with Crippen LogP contribution < -0.4 is 10.6 Å². The maximum atomic E-state index is 12.2. The molecule has 0 radical (unpaired) electrons. The van der Waals surface area contributed by atoms with Gasteiger partial charge in [-0.2, -0.15) is 0 Å². The number of carbonyl (C=O) groups excluding carboxylic acids is 2. The number of esters is 1. The van der Waals surface area contributed by atoms with Crippen LogP contribution in [0.25, 0.3) is 0 Å². The number of benzene rings is 2. The molecule has 0 spiro atoms. The van der Waals surface area contributed by atoms with Crippen LogP contribution >= 0.6 is 0 Å². The lowest BCUT2D eigenvalue weighted by Crippen LogP contribution is -2.15. The summed E-state index contributed by atoms with van der Waals surface area (Å²) in [5.41, 5.74) is 3.47. The van der Waals surface area contributed by atoms with Crippen LogP contribution in [0.1, 0.15) is 34.3 Å². The van der Waals surface area contributed by atoms with Crippen LogP contribution in [-0.2, 0) is 9.53 Å².